The summed E-state index contributed by atoms with van der Waals surface area (Å²) in [4.78, 5) is 10.5. The Bertz CT molecular complexity index is 611. The van der Waals surface area contributed by atoms with Crippen LogP contribution in [-0.2, 0) is 6.42 Å². The molecule has 0 aliphatic rings. The molecule has 0 radical (unpaired) electrons. The predicted molar refractivity (Wildman–Crippen MR) is 85.7 cm³/mol. The van der Waals surface area contributed by atoms with Gasteiger partial charge in [0.1, 0.15) is 0 Å². The van der Waals surface area contributed by atoms with E-state index in [0.29, 0.717) is 11.6 Å². The molecule has 0 amide bonds. The van der Waals surface area contributed by atoms with E-state index in [1.165, 1.54) is 5.56 Å². The Morgan fingerprint density at radius 2 is 1.90 bits per heavy atom. The Morgan fingerprint density at radius 1 is 1.19 bits per heavy atom. The Labute approximate surface area is 125 Å². The van der Waals surface area contributed by atoms with Crippen molar-refractivity contribution in [1.82, 2.24) is 0 Å². The predicted octanol–water partition coefficient (Wildman–Crippen LogP) is 4.34. The van der Waals surface area contributed by atoms with Crippen LogP contribution < -0.4 is 5.32 Å². The molecule has 0 aromatic heterocycles. The number of nitro groups is 1. The fourth-order valence-electron chi connectivity index (χ4n) is 2.38. The number of hydrogen-bond acceptors (Lipinski definition) is 3. The first-order valence-electron chi connectivity index (χ1n) is 7.15. The van der Waals surface area contributed by atoms with Crippen molar-refractivity contribution in [2.45, 2.75) is 32.7 Å². The number of benzene rings is 2. The summed E-state index contributed by atoms with van der Waals surface area (Å²) in [6.45, 7) is 3.90. The van der Waals surface area contributed by atoms with E-state index in [1.54, 1.807) is 19.1 Å². The molecule has 1 unspecified atom stereocenters. The van der Waals surface area contributed by atoms with Crippen molar-refractivity contribution >= 4 is 11.4 Å². The largest absolute Gasteiger partial charge is 0.382 e. The van der Waals surface area contributed by atoms with Crippen LogP contribution in [0.4, 0.5) is 11.4 Å². The molecule has 1 atom stereocenters. The van der Waals surface area contributed by atoms with Gasteiger partial charge in [0.2, 0.25) is 0 Å². The number of aryl methyl sites for hydroxylation is 1. The lowest BCUT2D eigenvalue weighted by molar-refractivity contribution is -0.385. The average molecular weight is 284 g/mol. The summed E-state index contributed by atoms with van der Waals surface area (Å²) in [5, 5.41) is 14.3. The van der Waals surface area contributed by atoms with Gasteiger partial charge in [0, 0.05) is 23.4 Å². The third-order valence-electron chi connectivity index (χ3n) is 3.58. The summed E-state index contributed by atoms with van der Waals surface area (Å²) in [7, 11) is 0. The van der Waals surface area contributed by atoms with E-state index in [-0.39, 0.29) is 10.6 Å². The van der Waals surface area contributed by atoms with Crippen LogP contribution >= 0.6 is 0 Å². The van der Waals surface area contributed by atoms with E-state index < -0.39 is 0 Å². The maximum atomic E-state index is 10.8. The second-order valence-electron chi connectivity index (χ2n) is 5.20. The summed E-state index contributed by atoms with van der Waals surface area (Å²) >= 11 is 0. The summed E-state index contributed by atoms with van der Waals surface area (Å²) < 4.78 is 0. The fraction of sp³-hybridized carbons (Fsp3) is 0.294. The third-order valence-corrected chi connectivity index (χ3v) is 3.58. The van der Waals surface area contributed by atoms with Crippen LogP contribution in [-0.4, -0.2) is 11.0 Å². The van der Waals surface area contributed by atoms with Gasteiger partial charge in [0.05, 0.1) is 4.92 Å². The summed E-state index contributed by atoms with van der Waals surface area (Å²) in [5.74, 6) is 0. The number of nitro benzene ring substituents is 1. The van der Waals surface area contributed by atoms with Crippen LogP contribution in [0.1, 0.15) is 24.5 Å². The first-order valence-corrected chi connectivity index (χ1v) is 7.15. The van der Waals surface area contributed by atoms with Crippen molar-refractivity contribution in [2.75, 3.05) is 5.32 Å². The normalized spacial score (nSPS) is 11.9. The van der Waals surface area contributed by atoms with Gasteiger partial charge >= 0.3 is 0 Å². The molecule has 0 aliphatic carbocycles. The van der Waals surface area contributed by atoms with Gasteiger partial charge in [-0.2, -0.15) is 0 Å². The van der Waals surface area contributed by atoms with Crippen molar-refractivity contribution in [3.05, 3.63) is 69.8 Å². The van der Waals surface area contributed by atoms with E-state index in [1.807, 2.05) is 24.3 Å². The smallest absolute Gasteiger partial charge is 0.272 e. The van der Waals surface area contributed by atoms with Crippen molar-refractivity contribution < 1.29 is 4.92 Å². The lowest BCUT2D eigenvalue weighted by Crippen LogP contribution is -2.21. The molecule has 0 heterocycles. The highest BCUT2D eigenvalue weighted by Crippen LogP contribution is 2.22. The minimum Gasteiger partial charge on any atom is -0.382 e. The van der Waals surface area contributed by atoms with Crippen LogP contribution in [0, 0.1) is 17.0 Å². The Kier molecular flexibility index (Phi) is 4.93. The van der Waals surface area contributed by atoms with Gasteiger partial charge in [-0.3, -0.25) is 10.1 Å². The molecular weight excluding hydrogens is 264 g/mol. The Balaban J connectivity index is 2.08. The standard InChI is InChI=1S/C17H20N2O2/c1-3-15(12-14-7-5-4-6-8-14)18-16-9-10-17(19(20)21)13(2)11-16/h4-11,15,18H,3,12H2,1-2H3. The molecule has 2 aromatic rings. The van der Waals surface area contributed by atoms with E-state index in [2.05, 4.69) is 24.4 Å². The van der Waals surface area contributed by atoms with Crippen LogP contribution in [0.3, 0.4) is 0 Å². The minimum absolute atomic E-state index is 0.164. The number of nitrogens with one attached hydrogen (secondary N) is 1. The topological polar surface area (TPSA) is 55.2 Å². The number of hydrogen-bond donors (Lipinski definition) is 1. The lowest BCUT2D eigenvalue weighted by Gasteiger charge is -2.18. The van der Waals surface area contributed by atoms with Crippen LogP contribution in [0.15, 0.2) is 48.5 Å². The van der Waals surface area contributed by atoms with Gasteiger partial charge in [-0.05, 0) is 37.5 Å². The van der Waals surface area contributed by atoms with E-state index in [9.17, 15) is 10.1 Å². The average Bonchev–Trinajstić information content (AvgIpc) is 2.47. The van der Waals surface area contributed by atoms with E-state index in [0.717, 1.165) is 18.5 Å². The Hall–Kier alpha value is -2.36. The van der Waals surface area contributed by atoms with Gasteiger partial charge in [0.15, 0.2) is 0 Å². The van der Waals surface area contributed by atoms with Crippen molar-refractivity contribution in [3.63, 3.8) is 0 Å². The van der Waals surface area contributed by atoms with Gasteiger partial charge in [-0.15, -0.1) is 0 Å². The van der Waals surface area contributed by atoms with Gasteiger partial charge in [0.25, 0.3) is 5.69 Å². The molecule has 2 aromatic carbocycles. The molecule has 0 saturated carbocycles. The number of nitrogens with zero attached hydrogens (tertiary/aromatic N) is 1. The molecule has 0 fully saturated rings. The molecule has 0 saturated heterocycles. The highest BCUT2D eigenvalue weighted by atomic mass is 16.6. The molecule has 0 bridgehead atoms. The highest BCUT2D eigenvalue weighted by molar-refractivity contribution is 5.54. The zero-order valence-corrected chi connectivity index (χ0v) is 12.4. The van der Waals surface area contributed by atoms with Crippen molar-refractivity contribution in [2.24, 2.45) is 0 Å². The third kappa shape index (κ3) is 4.05. The zero-order valence-electron chi connectivity index (χ0n) is 12.4. The molecule has 4 nitrogen and oxygen atoms in total. The molecule has 0 aliphatic heterocycles. The van der Waals surface area contributed by atoms with Crippen molar-refractivity contribution in [3.8, 4) is 0 Å². The number of rotatable bonds is 6. The van der Waals surface area contributed by atoms with Crippen LogP contribution in [0.5, 0.6) is 0 Å². The van der Waals surface area contributed by atoms with Crippen LogP contribution in [0.25, 0.3) is 0 Å². The highest BCUT2D eigenvalue weighted by Gasteiger charge is 2.12. The number of anilines is 1. The summed E-state index contributed by atoms with van der Waals surface area (Å²) in [6.07, 6.45) is 1.93. The Morgan fingerprint density at radius 3 is 2.48 bits per heavy atom. The lowest BCUT2D eigenvalue weighted by atomic mass is 10.0. The van der Waals surface area contributed by atoms with Crippen LogP contribution in [0.2, 0.25) is 0 Å². The second kappa shape index (κ2) is 6.88. The van der Waals surface area contributed by atoms with Gasteiger partial charge in [-0.25, -0.2) is 0 Å². The first-order chi connectivity index (χ1) is 10.1. The maximum absolute atomic E-state index is 10.8. The first kappa shape index (κ1) is 15.0. The van der Waals surface area contributed by atoms with E-state index >= 15 is 0 Å². The molecule has 4 heteroatoms. The fourth-order valence-corrected chi connectivity index (χ4v) is 2.38. The molecule has 21 heavy (non-hydrogen) atoms. The molecule has 110 valence electrons. The molecule has 0 spiro atoms. The summed E-state index contributed by atoms with van der Waals surface area (Å²) in [5.41, 5.74) is 3.06. The molecule has 1 N–H and O–H groups in total. The molecule has 2 rings (SSSR count). The maximum Gasteiger partial charge on any atom is 0.272 e. The SMILES string of the molecule is CCC(Cc1ccccc1)Nc1ccc([N+](=O)[O-])c(C)c1. The zero-order chi connectivity index (χ0) is 15.2. The monoisotopic (exact) mass is 284 g/mol. The van der Waals surface area contributed by atoms with Crippen molar-refractivity contribution in [1.29, 1.82) is 0 Å². The van der Waals surface area contributed by atoms with Gasteiger partial charge in [-0.1, -0.05) is 37.3 Å². The quantitative estimate of drug-likeness (QED) is 0.634. The molecular formula is C17H20N2O2. The van der Waals surface area contributed by atoms with E-state index in [4.69, 9.17) is 0 Å². The second-order valence-corrected chi connectivity index (χ2v) is 5.20. The minimum atomic E-state index is -0.347. The summed E-state index contributed by atoms with van der Waals surface area (Å²) in [6, 6.07) is 15.8. The van der Waals surface area contributed by atoms with Gasteiger partial charge < -0.3 is 5.32 Å².